The van der Waals surface area contributed by atoms with Crippen molar-refractivity contribution in [2.24, 2.45) is 0 Å². The number of oxazole rings is 1. The lowest BCUT2D eigenvalue weighted by Gasteiger charge is -2.02. The van der Waals surface area contributed by atoms with E-state index in [4.69, 9.17) is 4.42 Å². The minimum atomic E-state index is -0.230. The molecular weight excluding hydrogens is 277 g/mol. The van der Waals surface area contributed by atoms with Gasteiger partial charge < -0.3 is 4.42 Å². The number of hydrogen-bond acceptors (Lipinski definition) is 2. The van der Waals surface area contributed by atoms with Crippen molar-refractivity contribution < 1.29 is 8.81 Å². The predicted octanol–water partition coefficient (Wildman–Crippen LogP) is 5.30. The Morgan fingerprint density at radius 1 is 0.682 bits per heavy atom. The number of fused-ring (bicyclic) bond motifs is 1. The van der Waals surface area contributed by atoms with E-state index in [2.05, 4.69) is 4.98 Å². The van der Waals surface area contributed by atoms with E-state index in [1.54, 1.807) is 12.1 Å². The van der Waals surface area contributed by atoms with Crippen molar-refractivity contribution in [3.63, 3.8) is 0 Å². The van der Waals surface area contributed by atoms with Gasteiger partial charge in [0.05, 0.1) is 0 Å². The van der Waals surface area contributed by atoms with Crippen molar-refractivity contribution >= 4 is 11.1 Å². The van der Waals surface area contributed by atoms with Gasteiger partial charge >= 0.3 is 0 Å². The largest absolute Gasteiger partial charge is 0.436 e. The van der Waals surface area contributed by atoms with E-state index < -0.39 is 0 Å². The van der Waals surface area contributed by atoms with Crippen molar-refractivity contribution in [2.45, 2.75) is 0 Å². The van der Waals surface area contributed by atoms with Crippen LogP contribution in [0, 0.1) is 5.82 Å². The van der Waals surface area contributed by atoms with Gasteiger partial charge in [-0.25, -0.2) is 9.37 Å². The third kappa shape index (κ3) is 2.27. The summed E-state index contributed by atoms with van der Waals surface area (Å²) in [6.07, 6.45) is 0. The number of rotatable bonds is 2. The monoisotopic (exact) mass is 289 g/mol. The Labute approximate surface area is 126 Å². The molecule has 3 heteroatoms. The predicted molar refractivity (Wildman–Crippen MR) is 84.8 cm³/mol. The number of hydrogen-bond donors (Lipinski definition) is 0. The van der Waals surface area contributed by atoms with Crippen LogP contribution in [0.15, 0.2) is 77.2 Å². The molecule has 0 aliphatic rings. The normalized spacial score (nSPS) is 11.0. The van der Waals surface area contributed by atoms with Gasteiger partial charge in [-0.1, -0.05) is 36.4 Å². The highest BCUT2D eigenvalue weighted by Crippen LogP contribution is 2.27. The Kier molecular flexibility index (Phi) is 2.97. The van der Waals surface area contributed by atoms with E-state index in [1.807, 2.05) is 48.5 Å². The Bertz CT molecular complexity index is 891. The Morgan fingerprint density at radius 3 is 1.95 bits per heavy atom. The summed E-state index contributed by atoms with van der Waals surface area (Å²) in [4.78, 5) is 4.48. The molecule has 1 aromatic heterocycles. The molecule has 0 amide bonds. The van der Waals surface area contributed by atoms with Gasteiger partial charge in [0, 0.05) is 5.56 Å². The van der Waals surface area contributed by atoms with Crippen molar-refractivity contribution in [3.05, 3.63) is 78.6 Å². The quantitative estimate of drug-likeness (QED) is 0.500. The van der Waals surface area contributed by atoms with Crippen molar-refractivity contribution in [3.8, 4) is 22.6 Å². The average molecular weight is 289 g/mol. The zero-order chi connectivity index (χ0) is 14.9. The maximum absolute atomic E-state index is 13.0. The van der Waals surface area contributed by atoms with Gasteiger partial charge in [-0.2, -0.15) is 0 Å². The number of aromatic nitrogens is 1. The van der Waals surface area contributed by atoms with E-state index in [0.29, 0.717) is 5.89 Å². The summed E-state index contributed by atoms with van der Waals surface area (Å²) in [7, 11) is 0. The second kappa shape index (κ2) is 5.11. The minimum Gasteiger partial charge on any atom is -0.436 e. The fourth-order valence-electron chi connectivity index (χ4n) is 2.44. The molecule has 0 aliphatic heterocycles. The van der Waals surface area contributed by atoms with Gasteiger partial charge in [-0.05, 0) is 47.5 Å². The molecule has 0 unspecified atom stereocenters. The molecule has 0 bridgehead atoms. The van der Waals surface area contributed by atoms with Gasteiger partial charge in [0.2, 0.25) is 5.89 Å². The Morgan fingerprint density at radius 2 is 1.27 bits per heavy atom. The number of para-hydroxylation sites is 2. The fourth-order valence-corrected chi connectivity index (χ4v) is 2.44. The van der Waals surface area contributed by atoms with E-state index in [-0.39, 0.29) is 5.82 Å². The molecule has 0 fully saturated rings. The smallest absolute Gasteiger partial charge is 0.227 e. The molecule has 4 rings (SSSR count). The molecule has 0 atom stereocenters. The van der Waals surface area contributed by atoms with Gasteiger partial charge in [0.15, 0.2) is 5.58 Å². The molecule has 0 saturated carbocycles. The summed E-state index contributed by atoms with van der Waals surface area (Å²) in [6, 6.07) is 22.0. The highest BCUT2D eigenvalue weighted by atomic mass is 19.1. The maximum Gasteiger partial charge on any atom is 0.227 e. The summed E-state index contributed by atoms with van der Waals surface area (Å²) in [5.41, 5.74) is 4.55. The van der Waals surface area contributed by atoms with Gasteiger partial charge in [-0.15, -0.1) is 0 Å². The van der Waals surface area contributed by atoms with Crippen molar-refractivity contribution in [2.75, 3.05) is 0 Å². The fraction of sp³-hybridized carbons (Fsp3) is 0. The lowest BCUT2D eigenvalue weighted by molar-refractivity contribution is 0.620. The molecule has 0 radical (unpaired) electrons. The summed E-state index contributed by atoms with van der Waals surface area (Å²) in [5, 5.41) is 0. The van der Waals surface area contributed by atoms with Crippen molar-refractivity contribution in [1.82, 2.24) is 4.98 Å². The SMILES string of the molecule is Fc1ccc(-c2ccc(-c3nc4ccccc4o3)cc2)cc1. The van der Waals surface area contributed by atoms with E-state index in [1.165, 1.54) is 12.1 Å². The van der Waals surface area contributed by atoms with Gasteiger partial charge in [0.1, 0.15) is 11.3 Å². The first-order valence-electron chi connectivity index (χ1n) is 7.01. The van der Waals surface area contributed by atoms with E-state index in [9.17, 15) is 4.39 Å². The lowest BCUT2D eigenvalue weighted by Crippen LogP contribution is -1.81. The van der Waals surface area contributed by atoms with Crippen LogP contribution in [0.2, 0.25) is 0 Å². The molecule has 3 aromatic carbocycles. The molecule has 0 spiro atoms. The minimum absolute atomic E-state index is 0.230. The van der Waals surface area contributed by atoms with Crippen LogP contribution in [-0.2, 0) is 0 Å². The third-order valence-corrected chi connectivity index (χ3v) is 3.60. The zero-order valence-electron chi connectivity index (χ0n) is 11.7. The number of nitrogens with zero attached hydrogens (tertiary/aromatic N) is 1. The highest BCUT2D eigenvalue weighted by molar-refractivity contribution is 5.76. The second-order valence-electron chi connectivity index (χ2n) is 5.07. The molecule has 2 nitrogen and oxygen atoms in total. The first-order valence-corrected chi connectivity index (χ1v) is 7.01. The van der Waals surface area contributed by atoms with Crippen LogP contribution in [0.25, 0.3) is 33.7 Å². The number of benzene rings is 3. The summed E-state index contributed by atoms with van der Waals surface area (Å²) >= 11 is 0. The highest BCUT2D eigenvalue weighted by Gasteiger charge is 2.07. The molecule has 106 valence electrons. The molecule has 0 aliphatic carbocycles. The average Bonchev–Trinajstić information content (AvgIpc) is 3.00. The Balaban J connectivity index is 1.70. The molecule has 1 heterocycles. The van der Waals surface area contributed by atoms with Crippen LogP contribution < -0.4 is 0 Å². The van der Waals surface area contributed by atoms with Crippen LogP contribution in [0.1, 0.15) is 0 Å². The molecular formula is C19H12FNO. The summed E-state index contributed by atoms with van der Waals surface area (Å²) in [5.74, 6) is 0.374. The first kappa shape index (κ1) is 12.8. The maximum atomic E-state index is 13.0. The van der Waals surface area contributed by atoms with Gasteiger partial charge in [-0.3, -0.25) is 0 Å². The zero-order valence-corrected chi connectivity index (χ0v) is 11.7. The van der Waals surface area contributed by atoms with E-state index in [0.717, 1.165) is 27.8 Å². The van der Waals surface area contributed by atoms with Crippen molar-refractivity contribution in [1.29, 1.82) is 0 Å². The van der Waals surface area contributed by atoms with Gasteiger partial charge in [0.25, 0.3) is 0 Å². The molecule has 0 N–H and O–H groups in total. The van der Waals surface area contributed by atoms with Crippen LogP contribution in [0.3, 0.4) is 0 Å². The van der Waals surface area contributed by atoms with E-state index >= 15 is 0 Å². The lowest BCUT2D eigenvalue weighted by atomic mass is 10.0. The molecule has 0 saturated heterocycles. The topological polar surface area (TPSA) is 26.0 Å². The Hall–Kier alpha value is -2.94. The summed E-state index contributed by atoms with van der Waals surface area (Å²) in [6.45, 7) is 0. The van der Waals surface area contributed by atoms with Crippen LogP contribution in [0.4, 0.5) is 4.39 Å². The van der Waals surface area contributed by atoms with Crippen LogP contribution in [-0.4, -0.2) is 4.98 Å². The molecule has 22 heavy (non-hydrogen) atoms. The van der Waals surface area contributed by atoms with Crippen LogP contribution >= 0.6 is 0 Å². The molecule has 4 aromatic rings. The number of halogens is 1. The summed E-state index contributed by atoms with van der Waals surface area (Å²) < 4.78 is 18.7. The second-order valence-corrected chi connectivity index (χ2v) is 5.07. The third-order valence-electron chi connectivity index (χ3n) is 3.60. The van der Waals surface area contributed by atoms with Crippen LogP contribution in [0.5, 0.6) is 0 Å². The first-order chi connectivity index (χ1) is 10.8. The standard InChI is InChI=1S/C19H12FNO/c20-16-11-9-14(10-12-16)13-5-7-15(8-6-13)19-21-17-3-1-2-4-18(17)22-19/h1-12H.